The van der Waals surface area contributed by atoms with Crippen LogP contribution in [0.25, 0.3) is 0 Å². The van der Waals surface area contributed by atoms with E-state index in [9.17, 15) is 8.42 Å². The van der Waals surface area contributed by atoms with Crippen LogP contribution in [-0.2, 0) is 16.6 Å². The Bertz CT molecular complexity index is 531. The van der Waals surface area contributed by atoms with Gasteiger partial charge in [0, 0.05) is 17.5 Å². The molecule has 1 aliphatic rings. The summed E-state index contributed by atoms with van der Waals surface area (Å²) < 4.78 is 28.2. The van der Waals surface area contributed by atoms with Gasteiger partial charge < -0.3 is 5.32 Å². The van der Waals surface area contributed by atoms with E-state index in [0.29, 0.717) is 4.21 Å². The molecule has 1 aliphatic carbocycles. The van der Waals surface area contributed by atoms with Crippen LogP contribution >= 0.6 is 11.3 Å². The zero-order valence-corrected chi connectivity index (χ0v) is 13.9. The number of nitrogens with one attached hydrogen (secondary N) is 2. The Balaban J connectivity index is 2.08. The second-order valence-corrected chi connectivity index (χ2v) is 8.49. The van der Waals surface area contributed by atoms with Gasteiger partial charge in [-0.05, 0) is 37.9 Å². The molecule has 20 heavy (non-hydrogen) atoms. The lowest BCUT2D eigenvalue weighted by Crippen LogP contribution is -2.35. The van der Waals surface area contributed by atoms with Gasteiger partial charge >= 0.3 is 0 Å². The van der Waals surface area contributed by atoms with E-state index >= 15 is 0 Å². The van der Waals surface area contributed by atoms with Crippen molar-refractivity contribution in [3.8, 4) is 0 Å². The molecule has 0 spiro atoms. The second kappa shape index (κ2) is 7.02. The van der Waals surface area contributed by atoms with E-state index in [4.69, 9.17) is 0 Å². The van der Waals surface area contributed by atoms with Crippen LogP contribution in [0.4, 0.5) is 0 Å². The van der Waals surface area contributed by atoms with E-state index in [1.807, 2.05) is 13.8 Å². The van der Waals surface area contributed by atoms with E-state index in [2.05, 4.69) is 10.0 Å². The van der Waals surface area contributed by atoms with Gasteiger partial charge in [0.2, 0.25) is 10.0 Å². The summed E-state index contributed by atoms with van der Waals surface area (Å²) in [4.78, 5) is 1.11. The fraction of sp³-hybridized carbons (Fsp3) is 0.714. The SMILES string of the molecule is CCNCc1sc(S(=O)(=O)NC2CCCCC2)cc1C. The van der Waals surface area contributed by atoms with Crippen molar-refractivity contribution in [3.05, 3.63) is 16.5 Å². The van der Waals surface area contributed by atoms with Gasteiger partial charge in [-0.25, -0.2) is 13.1 Å². The highest BCUT2D eigenvalue weighted by Gasteiger charge is 2.24. The molecule has 1 heterocycles. The summed E-state index contributed by atoms with van der Waals surface area (Å²) in [7, 11) is -3.35. The smallest absolute Gasteiger partial charge is 0.250 e. The van der Waals surface area contributed by atoms with Crippen LogP contribution in [0.2, 0.25) is 0 Å². The molecule has 0 unspecified atom stereocenters. The lowest BCUT2D eigenvalue weighted by Gasteiger charge is -2.22. The lowest BCUT2D eigenvalue weighted by atomic mass is 9.96. The van der Waals surface area contributed by atoms with Crippen LogP contribution in [0.1, 0.15) is 49.5 Å². The van der Waals surface area contributed by atoms with Gasteiger partial charge in [-0.2, -0.15) is 0 Å². The molecule has 0 atom stereocenters. The van der Waals surface area contributed by atoms with Crippen molar-refractivity contribution in [3.63, 3.8) is 0 Å². The first kappa shape index (κ1) is 15.9. The summed E-state index contributed by atoms with van der Waals surface area (Å²) in [6.07, 6.45) is 5.41. The lowest BCUT2D eigenvalue weighted by molar-refractivity contribution is 0.412. The molecule has 0 saturated heterocycles. The monoisotopic (exact) mass is 316 g/mol. The van der Waals surface area contributed by atoms with Gasteiger partial charge in [0.25, 0.3) is 0 Å². The Morgan fingerprint density at radius 3 is 2.65 bits per heavy atom. The van der Waals surface area contributed by atoms with Crippen molar-refractivity contribution in [1.82, 2.24) is 10.0 Å². The quantitative estimate of drug-likeness (QED) is 0.848. The third-order valence-electron chi connectivity index (χ3n) is 3.73. The molecule has 0 aliphatic heterocycles. The van der Waals surface area contributed by atoms with Crippen LogP contribution in [0.5, 0.6) is 0 Å². The third kappa shape index (κ3) is 4.04. The molecule has 2 N–H and O–H groups in total. The number of rotatable bonds is 6. The molecular formula is C14H24N2O2S2. The predicted molar refractivity (Wildman–Crippen MR) is 83.6 cm³/mol. The molecule has 1 saturated carbocycles. The molecule has 0 bridgehead atoms. The van der Waals surface area contributed by atoms with E-state index in [1.165, 1.54) is 17.8 Å². The van der Waals surface area contributed by atoms with Crippen molar-refractivity contribution in [1.29, 1.82) is 0 Å². The number of hydrogen-bond acceptors (Lipinski definition) is 4. The summed E-state index contributed by atoms with van der Waals surface area (Å²) in [6, 6.07) is 1.91. The number of sulfonamides is 1. The average molecular weight is 316 g/mol. The minimum absolute atomic E-state index is 0.119. The van der Waals surface area contributed by atoms with Gasteiger partial charge in [0.1, 0.15) is 4.21 Å². The first-order chi connectivity index (χ1) is 9.53. The molecule has 4 nitrogen and oxygen atoms in total. The van der Waals surface area contributed by atoms with Crippen molar-refractivity contribution < 1.29 is 8.42 Å². The van der Waals surface area contributed by atoms with Crippen LogP contribution in [-0.4, -0.2) is 21.0 Å². The summed E-state index contributed by atoms with van der Waals surface area (Å²) in [6.45, 7) is 5.65. The third-order valence-corrected chi connectivity index (χ3v) is 6.96. The summed E-state index contributed by atoms with van der Waals surface area (Å²) in [5.74, 6) is 0. The van der Waals surface area contributed by atoms with E-state index in [0.717, 1.165) is 49.2 Å². The van der Waals surface area contributed by atoms with Gasteiger partial charge in [-0.3, -0.25) is 0 Å². The molecule has 6 heteroatoms. The minimum atomic E-state index is -3.35. The number of hydrogen-bond donors (Lipinski definition) is 2. The zero-order valence-electron chi connectivity index (χ0n) is 12.2. The van der Waals surface area contributed by atoms with Crippen LogP contribution < -0.4 is 10.0 Å². The highest BCUT2D eigenvalue weighted by atomic mass is 32.2. The summed E-state index contributed by atoms with van der Waals surface area (Å²) in [5, 5.41) is 3.25. The fourth-order valence-corrected chi connectivity index (χ4v) is 5.41. The highest BCUT2D eigenvalue weighted by molar-refractivity contribution is 7.91. The van der Waals surface area contributed by atoms with Gasteiger partial charge in [0.05, 0.1) is 0 Å². The molecule has 0 aromatic carbocycles. The number of thiophene rings is 1. The maximum absolute atomic E-state index is 12.4. The second-order valence-electron chi connectivity index (χ2n) is 5.41. The maximum Gasteiger partial charge on any atom is 0.250 e. The van der Waals surface area contributed by atoms with Crippen molar-refractivity contribution in [2.45, 2.75) is 62.7 Å². The largest absolute Gasteiger partial charge is 0.312 e. The Kier molecular flexibility index (Phi) is 5.60. The van der Waals surface area contributed by atoms with Gasteiger partial charge in [-0.1, -0.05) is 26.2 Å². The first-order valence-electron chi connectivity index (χ1n) is 7.35. The van der Waals surface area contributed by atoms with E-state index < -0.39 is 10.0 Å². The van der Waals surface area contributed by atoms with Crippen molar-refractivity contribution >= 4 is 21.4 Å². The Hall–Kier alpha value is -0.430. The molecule has 1 aromatic rings. The fourth-order valence-electron chi connectivity index (χ4n) is 2.53. The standard InChI is InChI=1S/C14H24N2O2S2/c1-3-15-10-13-11(2)9-14(19-13)20(17,18)16-12-7-5-4-6-8-12/h9,12,15-16H,3-8,10H2,1-2H3. The van der Waals surface area contributed by atoms with E-state index in [-0.39, 0.29) is 6.04 Å². The molecule has 114 valence electrons. The molecule has 2 rings (SSSR count). The zero-order chi connectivity index (χ0) is 14.6. The van der Waals surface area contributed by atoms with Crippen molar-refractivity contribution in [2.24, 2.45) is 0 Å². The molecular weight excluding hydrogens is 292 g/mol. The molecule has 0 amide bonds. The number of aryl methyl sites for hydroxylation is 1. The van der Waals surface area contributed by atoms with E-state index in [1.54, 1.807) is 6.07 Å². The topological polar surface area (TPSA) is 58.2 Å². The first-order valence-corrected chi connectivity index (χ1v) is 9.65. The van der Waals surface area contributed by atoms with Crippen LogP contribution in [0.3, 0.4) is 0 Å². The maximum atomic E-state index is 12.4. The Labute approximate surface area is 126 Å². The molecule has 0 radical (unpaired) electrons. The normalized spacial score (nSPS) is 17.5. The Morgan fingerprint density at radius 1 is 1.30 bits per heavy atom. The average Bonchev–Trinajstić information content (AvgIpc) is 2.79. The van der Waals surface area contributed by atoms with Gasteiger partial charge in [0.15, 0.2) is 0 Å². The summed E-state index contributed by atoms with van der Waals surface area (Å²) >= 11 is 1.38. The Morgan fingerprint density at radius 2 is 2.00 bits per heavy atom. The minimum Gasteiger partial charge on any atom is -0.312 e. The summed E-state index contributed by atoms with van der Waals surface area (Å²) in [5.41, 5.74) is 1.06. The predicted octanol–water partition coefficient (Wildman–Crippen LogP) is 2.78. The van der Waals surface area contributed by atoms with Gasteiger partial charge in [-0.15, -0.1) is 11.3 Å². The van der Waals surface area contributed by atoms with Crippen LogP contribution in [0, 0.1) is 6.92 Å². The highest BCUT2D eigenvalue weighted by Crippen LogP contribution is 2.27. The molecule has 1 aromatic heterocycles. The van der Waals surface area contributed by atoms with Crippen molar-refractivity contribution in [2.75, 3.05) is 6.54 Å². The van der Waals surface area contributed by atoms with Crippen LogP contribution in [0.15, 0.2) is 10.3 Å². The molecule has 1 fully saturated rings.